The Balaban J connectivity index is 1.79. The molecule has 0 spiro atoms. The van der Waals surface area contributed by atoms with Gasteiger partial charge in [0, 0.05) is 23.3 Å². The van der Waals surface area contributed by atoms with Crippen LogP contribution in [0.2, 0.25) is 5.02 Å². The van der Waals surface area contributed by atoms with Crippen molar-refractivity contribution in [2.24, 2.45) is 0 Å². The zero-order valence-electron chi connectivity index (χ0n) is 17.0. The highest BCUT2D eigenvalue weighted by Gasteiger charge is 2.21. The number of rotatable bonds is 6. The maximum Gasteiger partial charge on any atom is 0.264 e. The molecule has 0 aliphatic carbocycles. The monoisotopic (exact) mass is 442 g/mol. The highest BCUT2D eigenvalue weighted by molar-refractivity contribution is 7.92. The average Bonchev–Trinajstić information content (AvgIpc) is 2.74. The van der Waals surface area contributed by atoms with Gasteiger partial charge >= 0.3 is 0 Å². The van der Waals surface area contributed by atoms with Gasteiger partial charge in [-0.05, 0) is 66.1 Å². The molecular formula is C23H23ClN2O3S. The standard InChI is InChI=1S/C23H23ClN2O3S/c1-16(2)21-6-4-5-7-22(21)25-23(27)17-8-12-19(13-9-17)26(3)30(28,29)20-14-10-18(24)11-15-20/h4-16H,1-3H3,(H,25,27). The lowest BCUT2D eigenvalue weighted by Crippen LogP contribution is -2.26. The minimum Gasteiger partial charge on any atom is -0.322 e. The second-order valence-electron chi connectivity index (χ2n) is 7.17. The molecule has 0 saturated heterocycles. The van der Waals surface area contributed by atoms with E-state index < -0.39 is 10.0 Å². The Morgan fingerprint density at radius 2 is 1.53 bits per heavy atom. The third-order valence-electron chi connectivity index (χ3n) is 4.80. The van der Waals surface area contributed by atoms with Gasteiger partial charge in [-0.15, -0.1) is 0 Å². The van der Waals surface area contributed by atoms with Crippen LogP contribution in [-0.4, -0.2) is 21.4 Å². The van der Waals surface area contributed by atoms with Gasteiger partial charge in [0.2, 0.25) is 0 Å². The van der Waals surface area contributed by atoms with Crippen molar-refractivity contribution in [1.82, 2.24) is 0 Å². The molecule has 0 radical (unpaired) electrons. The Bertz CT molecular complexity index is 1140. The number of carbonyl (C=O) groups is 1. The van der Waals surface area contributed by atoms with Crippen LogP contribution in [0.3, 0.4) is 0 Å². The van der Waals surface area contributed by atoms with E-state index in [0.29, 0.717) is 16.3 Å². The Kier molecular flexibility index (Phi) is 6.48. The van der Waals surface area contributed by atoms with E-state index in [-0.39, 0.29) is 16.7 Å². The molecule has 0 aliphatic rings. The number of hydrogen-bond donors (Lipinski definition) is 1. The summed E-state index contributed by atoms with van der Waals surface area (Å²) in [5, 5.41) is 3.40. The molecule has 0 atom stereocenters. The first-order chi connectivity index (χ1) is 14.2. The number of nitrogens with one attached hydrogen (secondary N) is 1. The van der Waals surface area contributed by atoms with Crippen molar-refractivity contribution < 1.29 is 13.2 Å². The summed E-state index contributed by atoms with van der Waals surface area (Å²) in [4.78, 5) is 12.8. The fourth-order valence-corrected chi connectivity index (χ4v) is 4.36. The Hall–Kier alpha value is -2.83. The van der Waals surface area contributed by atoms with Crippen molar-refractivity contribution in [1.29, 1.82) is 0 Å². The van der Waals surface area contributed by atoms with Crippen molar-refractivity contribution in [3.05, 3.63) is 88.9 Å². The van der Waals surface area contributed by atoms with Crippen LogP contribution in [0.1, 0.15) is 35.7 Å². The molecule has 0 aromatic heterocycles. The lowest BCUT2D eigenvalue weighted by Gasteiger charge is -2.20. The van der Waals surface area contributed by atoms with Gasteiger partial charge in [0.05, 0.1) is 10.6 Å². The smallest absolute Gasteiger partial charge is 0.264 e. The summed E-state index contributed by atoms with van der Waals surface area (Å²) in [5.41, 5.74) is 2.71. The van der Waals surface area contributed by atoms with Crippen LogP contribution in [0.5, 0.6) is 0 Å². The minimum atomic E-state index is -3.73. The van der Waals surface area contributed by atoms with E-state index in [9.17, 15) is 13.2 Å². The van der Waals surface area contributed by atoms with Crippen LogP contribution in [0.25, 0.3) is 0 Å². The fraction of sp³-hybridized carbons (Fsp3) is 0.174. The van der Waals surface area contributed by atoms with E-state index in [1.54, 1.807) is 24.3 Å². The number of hydrogen-bond acceptors (Lipinski definition) is 3. The van der Waals surface area contributed by atoms with Crippen LogP contribution < -0.4 is 9.62 Å². The summed E-state index contributed by atoms with van der Waals surface area (Å²) in [6, 6.07) is 20.1. The van der Waals surface area contributed by atoms with E-state index >= 15 is 0 Å². The zero-order valence-corrected chi connectivity index (χ0v) is 18.5. The molecule has 7 heteroatoms. The van der Waals surface area contributed by atoms with Crippen LogP contribution in [0.4, 0.5) is 11.4 Å². The molecule has 0 saturated carbocycles. The number of nitrogens with zero attached hydrogens (tertiary/aromatic N) is 1. The third-order valence-corrected chi connectivity index (χ3v) is 6.85. The molecule has 0 unspecified atom stereocenters. The van der Waals surface area contributed by atoms with E-state index in [1.165, 1.54) is 35.6 Å². The Morgan fingerprint density at radius 3 is 2.13 bits per heavy atom. The molecule has 1 N–H and O–H groups in total. The Labute approximate surface area is 182 Å². The number of benzene rings is 3. The predicted octanol–water partition coefficient (Wildman–Crippen LogP) is 5.54. The summed E-state index contributed by atoms with van der Waals surface area (Å²) in [6.45, 7) is 4.13. The molecule has 3 aromatic rings. The van der Waals surface area contributed by atoms with Crippen molar-refractivity contribution in [3.8, 4) is 0 Å². The molecule has 0 heterocycles. The first-order valence-corrected chi connectivity index (χ1v) is 11.3. The molecule has 5 nitrogen and oxygen atoms in total. The SMILES string of the molecule is CC(C)c1ccccc1NC(=O)c1ccc(N(C)S(=O)(=O)c2ccc(Cl)cc2)cc1. The molecule has 1 amide bonds. The molecule has 0 fully saturated rings. The number of anilines is 2. The summed E-state index contributed by atoms with van der Waals surface area (Å²) < 4.78 is 26.8. The van der Waals surface area contributed by atoms with Gasteiger partial charge in [0.15, 0.2) is 0 Å². The molecule has 3 aromatic carbocycles. The molecular weight excluding hydrogens is 420 g/mol. The average molecular weight is 443 g/mol. The van der Waals surface area contributed by atoms with Crippen molar-refractivity contribution >= 4 is 38.9 Å². The second kappa shape index (κ2) is 8.90. The number of para-hydroxylation sites is 1. The molecule has 0 aliphatic heterocycles. The van der Waals surface area contributed by atoms with Crippen molar-refractivity contribution in [2.45, 2.75) is 24.7 Å². The number of amides is 1. The molecule has 156 valence electrons. The van der Waals surface area contributed by atoms with Gasteiger partial charge in [-0.2, -0.15) is 0 Å². The van der Waals surface area contributed by atoms with Crippen molar-refractivity contribution in [2.75, 3.05) is 16.7 Å². The summed E-state index contributed by atoms with van der Waals surface area (Å²) >= 11 is 5.84. The quantitative estimate of drug-likeness (QED) is 0.544. The van der Waals surface area contributed by atoms with Crippen LogP contribution in [0, 0.1) is 0 Å². The molecule has 3 rings (SSSR count). The minimum absolute atomic E-state index is 0.140. The largest absolute Gasteiger partial charge is 0.322 e. The van der Waals surface area contributed by atoms with Gasteiger partial charge in [-0.25, -0.2) is 8.42 Å². The van der Waals surface area contributed by atoms with Gasteiger partial charge in [-0.3, -0.25) is 9.10 Å². The van der Waals surface area contributed by atoms with Crippen molar-refractivity contribution in [3.63, 3.8) is 0 Å². The normalized spacial score (nSPS) is 11.4. The zero-order chi connectivity index (χ0) is 21.9. The first-order valence-electron chi connectivity index (χ1n) is 9.45. The first kappa shape index (κ1) is 21.9. The number of carbonyl (C=O) groups excluding carboxylic acids is 1. The topological polar surface area (TPSA) is 66.5 Å². The maximum atomic E-state index is 12.8. The van der Waals surface area contributed by atoms with E-state index in [1.807, 2.05) is 24.3 Å². The lowest BCUT2D eigenvalue weighted by molar-refractivity contribution is 0.102. The third kappa shape index (κ3) is 4.66. The molecule has 30 heavy (non-hydrogen) atoms. The maximum absolute atomic E-state index is 12.8. The summed E-state index contributed by atoms with van der Waals surface area (Å²) in [6.07, 6.45) is 0. The van der Waals surface area contributed by atoms with Crippen LogP contribution in [0.15, 0.2) is 77.7 Å². The van der Waals surface area contributed by atoms with Gasteiger partial charge in [-0.1, -0.05) is 43.6 Å². The molecule has 0 bridgehead atoms. The Morgan fingerprint density at radius 1 is 0.933 bits per heavy atom. The van der Waals surface area contributed by atoms with Crippen LogP contribution in [-0.2, 0) is 10.0 Å². The van der Waals surface area contributed by atoms with Gasteiger partial charge in [0.1, 0.15) is 0 Å². The fourth-order valence-electron chi connectivity index (χ4n) is 3.03. The van der Waals surface area contributed by atoms with Gasteiger partial charge in [0.25, 0.3) is 15.9 Å². The van der Waals surface area contributed by atoms with Gasteiger partial charge < -0.3 is 5.32 Å². The van der Waals surface area contributed by atoms with E-state index in [0.717, 1.165) is 11.3 Å². The highest BCUT2D eigenvalue weighted by Crippen LogP contribution is 2.26. The summed E-state index contributed by atoms with van der Waals surface area (Å²) in [7, 11) is -2.26. The highest BCUT2D eigenvalue weighted by atomic mass is 35.5. The lowest BCUT2D eigenvalue weighted by atomic mass is 10.0. The van der Waals surface area contributed by atoms with Crippen LogP contribution >= 0.6 is 11.6 Å². The van der Waals surface area contributed by atoms with E-state index in [4.69, 9.17) is 11.6 Å². The second-order valence-corrected chi connectivity index (χ2v) is 9.58. The number of sulfonamides is 1. The number of halogens is 1. The van der Waals surface area contributed by atoms with E-state index in [2.05, 4.69) is 19.2 Å². The summed E-state index contributed by atoms with van der Waals surface area (Å²) in [5.74, 6) is 0.0217. The predicted molar refractivity (Wildman–Crippen MR) is 122 cm³/mol.